The van der Waals surface area contributed by atoms with Crippen molar-refractivity contribution in [2.45, 2.75) is 24.6 Å². The van der Waals surface area contributed by atoms with Crippen LogP contribution in [0.5, 0.6) is 0 Å². The average Bonchev–Trinajstić information content (AvgIpc) is 2.83. The van der Waals surface area contributed by atoms with Gasteiger partial charge < -0.3 is 10.6 Å². The third kappa shape index (κ3) is 4.30. The van der Waals surface area contributed by atoms with Gasteiger partial charge in [0.05, 0.1) is 11.8 Å². The van der Waals surface area contributed by atoms with E-state index in [2.05, 4.69) is 10.6 Å². The van der Waals surface area contributed by atoms with Crippen LogP contribution in [-0.2, 0) is 20.6 Å². The third-order valence-corrected chi connectivity index (χ3v) is 3.70. The zero-order chi connectivity index (χ0) is 13.9. The minimum absolute atomic E-state index is 0.0586. The maximum Gasteiger partial charge on any atom is 0.241 e. The van der Waals surface area contributed by atoms with Crippen LogP contribution in [-0.4, -0.2) is 26.9 Å². The van der Waals surface area contributed by atoms with Crippen molar-refractivity contribution in [1.82, 2.24) is 5.32 Å². The predicted molar refractivity (Wildman–Crippen MR) is 72.9 cm³/mol. The summed E-state index contributed by atoms with van der Waals surface area (Å²) in [5.74, 6) is -0.262. The molecule has 1 aliphatic rings. The number of sulfonamides is 1. The molecule has 1 amide bonds. The lowest BCUT2D eigenvalue weighted by Crippen LogP contribution is -2.35. The highest BCUT2D eigenvalue weighted by Gasteiger charge is 2.21. The summed E-state index contributed by atoms with van der Waals surface area (Å²) < 4.78 is 21.9. The van der Waals surface area contributed by atoms with Crippen molar-refractivity contribution in [3.63, 3.8) is 0 Å². The molecule has 1 aromatic carbocycles. The summed E-state index contributed by atoms with van der Waals surface area (Å²) in [6.07, 6.45) is 1.85. The minimum atomic E-state index is -3.52. The molecule has 0 aliphatic carbocycles. The van der Waals surface area contributed by atoms with Gasteiger partial charge in [-0.05, 0) is 37.1 Å². The zero-order valence-corrected chi connectivity index (χ0v) is 11.2. The number of nitrogens with two attached hydrogens (primary N) is 1. The van der Waals surface area contributed by atoms with Gasteiger partial charge in [-0.2, -0.15) is 0 Å². The van der Waals surface area contributed by atoms with Crippen LogP contribution in [0.25, 0.3) is 0 Å². The number of amides is 1. The minimum Gasteiger partial charge on any atom is -0.325 e. The number of rotatable bonds is 4. The molecule has 0 aromatic heterocycles. The number of anilines is 1. The van der Waals surface area contributed by atoms with Crippen LogP contribution in [0.15, 0.2) is 24.3 Å². The molecule has 0 saturated carbocycles. The van der Waals surface area contributed by atoms with Crippen molar-refractivity contribution in [3.8, 4) is 0 Å². The van der Waals surface area contributed by atoms with E-state index >= 15 is 0 Å². The van der Waals surface area contributed by atoms with Gasteiger partial charge in [-0.1, -0.05) is 12.1 Å². The molecule has 1 aromatic rings. The van der Waals surface area contributed by atoms with E-state index in [0.29, 0.717) is 11.3 Å². The molecule has 0 spiro atoms. The van der Waals surface area contributed by atoms with Crippen molar-refractivity contribution in [1.29, 1.82) is 0 Å². The summed E-state index contributed by atoms with van der Waals surface area (Å²) >= 11 is 0. The first-order chi connectivity index (χ1) is 8.94. The van der Waals surface area contributed by atoms with Crippen LogP contribution in [0.2, 0.25) is 0 Å². The lowest BCUT2D eigenvalue weighted by molar-refractivity contribution is -0.117. The number of carbonyl (C=O) groups is 1. The van der Waals surface area contributed by atoms with E-state index in [1.165, 1.54) is 0 Å². The highest BCUT2D eigenvalue weighted by Crippen LogP contribution is 2.13. The number of benzene rings is 1. The second-order valence-corrected chi connectivity index (χ2v) is 6.26. The van der Waals surface area contributed by atoms with Crippen LogP contribution >= 0.6 is 0 Å². The Labute approximate surface area is 112 Å². The van der Waals surface area contributed by atoms with Crippen molar-refractivity contribution in [3.05, 3.63) is 29.8 Å². The maximum atomic E-state index is 11.8. The molecular formula is C12H17N3O3S. The summed E-state index contributed by atoms with van der Waals surface area (Å²) in [5, 5.41) is 10.9. The summed E-state index contributed by atoms with van der Waals surface area (Å²) in [6, 6.07) is 6.49. The standard InChI is InChI=1S/C12H17N3O3S/c13-19(17,18)8-9-3-5-10(6-4-9)15-12(16)11-2-1-7-14-11/h3-6,11,14H,1-2,7-8H2,(H,15,16)(H2,13,17,18)/t11-/m1/s1. The average molecular weight is 283 g/mol. The van der Waals surface area contributed by atoms with Gasteiger partial charge in [0.2, 0.25) is 15.9 Å². The number of hydrogen-bond acceptors (Lipinski definition) is 4. The second kappa shape index (κ2) is 5.68. The van der Waals surface area contributed by atoms with Crippen molar-refractivity contribution in [2.24, 2.45) is 5.14 Å². The fourth-order valence-corrected chi connectivity index (χ4v) is 2.71. The molecule has 19 heavy (non-hydrogen) atoms. The van der Waals surface area contributed by atoms with Gasteiger partial charge in [-0.25, -0.2) is 13.6 Å². The molecule has 1 aliphatic heterocycles. The Morgan fingerprint density at radius 2 is 2.05 bits per heavy atom. The van der Waals surface area contributed by atoms with Crippen molar-refractivity contribution >= 4 is 21.6 Å². The number of hydrogen-bond donors (Lipinski definition) is 3. The van der Waals surface area contributed by atoms with E-state index in [0.717, 1.165) is 19.4 Å². The second-order valence-electron chi connectivity index (χ2n) is 4.64. The SMILES string of the molecule is NS(=O)(=O)Cc1ccc(NC(=O)[C@H]2CCCN2)cc1. The summed E-state index contributed by atoms with van der Waals surface area (Å²) in [5.41, 5.74) is 1.25. The van der Waals surface area contributed by atoms with Gasteiger partial charge in [0, 0.05) is 5.69 Å². The number of carbonyl (C=O) groups excluding carboxylic acids is 1. The first-order valence-electron chi connectivity index (χ1n) is 6.08. The van der Waals surface area contributed by atoms with Gasteiger partial charge in [0.15, 0.2) is 0 Å². The molecule has 2 rings (SSSR count). The molecule has 6 nitrogen and oxygen atoms in total. The van der Waals surface area contributed by atoms with E-state index in [1.807, 2.05) is 0 Å². The van der Waals surface area contributed by atoms with Crippen LogP contribution in [0.3, 0.4) is 0 Å². The van der Waals surface area contributed by atoms with Gasteiger partial charge in [0.1, 0.15) is 0 Å². The highest BCUT2D eigenvalue weighted by atomic mass is 32.2. The largest absolute Gasteiger partial charge is 0.325 e. The van der Waals surface area contributed by atoms with E-state index in [-0.39, 0.29) is 17.7 Å². The lowest BCUT2D eigenvalue weighted by atomic mass is 10.2. The first kappa shape index (κ1) is 14.0. The van der Waals surface area contributed by atoms with Gasteiger partial charge in [0.25, 0.3) is 0 Å². The third-order valence-electron chi connectivity index (χ3n) is 2.97. The Morgan fingerprint density at radius 1 is 1.37 bits per heavy atom. The normalized spacial score (nSPS) is 19.3. The number of nitrogens with one attached hydrogen (secondary N) is 2. The van der Waals surface area contributed by atoms with Crippen LogP contribution in [0.1, 0.15) is 18.4 Å². The highest BCUT2D eigenvalue weighted by molar-refractivity contribution is 7.88. The van der Waals surface area contributed by atoms with E-state index in [9.17, 15) is 13.2 Å². The predicted octanol–water partition coefficient (Wildman–Crippen LogP) is 0.166. The Hall–Kier alpha value is -1.44. The van der Waals surface area contributed by atoms with Gasteiger partial charge >= 0.3 is 0 Å². The Kier molecular flexibility index (Phi) is 4.18. The van der Waals surface area contributed by atoms with Crippen LogP contribution in [0.4, 0.5) is 5.69 Å². The molecule has 0 bridgehead atoms. The fourth-order valence-electron chi connectivity index (χ4n) is 2.05. The zero-order valence-electron chi connectivity index (χ0n) is 10.4. The molecule has 1 atom stereocenters. The quantitative estimate of drug-likeness (QED) is 0.733. The number of primary sulfonamides is 1. The summed E-state index contributed by atoms with van der Waals surface area (Å²) in [7, 11) is -3.52. The molecule has 7 heteroatoms. The summed E-state index contributed by atoms with van der Waals surface area (Å²) in [6.45, 7) is 0.866. The molecule has 1 fully saturated rings. The first-order valence-corrected chi connectivity index (χ1v) is 7.79. The van der Waals surface area contributed by atoms with E-state index < -0.39 is 10.0 Å². The maximum absolute atomic E-state index is 11.8. The molecule has 0 unspecified atom stereocenters. The molecule has 1 heterocycles. The summed E-state index contributed by atoms with van der Waals surface area (Å²) in [4.78, 5) is 11.8. The Balaban J connectivity index is 1.96. The lowest BCUT2D eigenvalue weighted by Gasteiger charge is -2.11. The van der Waals surface area contributed by atoms with Gasteiger partial charge in [-0.3, -0.25) is 4.79 Å². The topological polar surface area (TPSA) is 101 Å². The van der Waals surface area contributed by atoms with E-state index in [4.69, 9.17) is 5.14 Å². The fraction of sp³-hybridized carbons (Fsp3) is 0.417. The molecule has 0 radical (unpaired) electrons. The molecule has 1 saturated heterocycles. The Bertz CT molecular complexity index is 548. The smallest absolute Gasteiger partial charge is 0.241 e. The monoisotopic (exact) mass is 283 g/mol. The molecule has 104 valence electrons. The van der Waals surface area contributed by atoms with Crippen LogP contribution in [0, 0.1) is 0 Å². The van der Waals surface area contributed by atoms with Gasteiger partial charge in [-0.15, -0.1) is 0 Å². The molecule has 4 N–H and O–H groups in total. The molecular weight excluding hydrogens is 266 g/mol. The van der Waals surface area contributed by atoms with Crippen LogP contribution < -0.4 is 15.8 Å². The van der Waals surface area contributed by atoms with Crippen molar-refractivity contribution < 1.29 is 13.2 Å². The van der Waals surface area contributed by atoms with E-state index in [1.54, 1.807) is 24.3 Å². The Morgan fingerprint density at radius 3 is 2.58 bits per heavy atom. The van der Waals surface area contributed by atoms with Crippen molar-refractivity contribution in [2.75, 3.05) is 11.9 Å².